The van der Waals surface area contributed by atoms with E-state index in [0.29, 0.717) is 25.2 Å². The zero-order valence-electron chi connectivity index (χ0n) is 14.4. The van der Waals surface area contributed by atoms with Gasteiger partial charge < -0.3 is 10.0 Å². The van der Waals surface area contributed by atoms with E-state index in [4.69, 9.17) is 0 Å². The standard InChI is InChI=1S/C20H23FN2O2/c1-15-4-2-5-18(22-15)19(25)23-11-3-10-20(13-23,14-24)12-16-6-8-17(21)9-7-16/h2,4-9,24H,3,10-14H2,1H3/t20-/m1/s1. The third kappa shape index (κ3) is 4.04. The molecule has 0 spiro atoms. The van der Waals surface area contributed by atoms with Gasteiger partial charge in [0.25, 0.3) is 5.91 Å². The van der Waals surface area contributed by atoms with Crippen LogP contribution in [0.1, 0.15) is 34.6 Å². The summed E-state index contributed by atoms with van der Waals surface area (Å²) in [5.41, 5.74) is 1.83. The summed E-state index contributed by atoms with van der Waals surface area (Å²) in [6.45, 7) is 3.00. The fourth-order valence-corrected chi connectivity index (χ4v) is 3.57. The number of nitrogens with zero attached hydrogens (tertiary/aromatic N) is 2. The lowest BCUT2D eigenvalue weighted by molar-refractivity contribution is 0.0268. The summed E-state index contributed by atoms with van der Waals surface area (Å²) in [6.07, 6.45) is 2.29. The summed E-state index contributed by atoms with van der Waals surface area (Å²) in [5.74, 6) is -0.368. The third-order valence-corrected chi connectivity index (χ3v) is 4.88. The molecule has 0 aliphatic carbocycles. The zero-order valence-corrected chi connectivity index (χ0v) is 14.4. The predicted octanol–water partition coefficient (Wildman–Crippen LogP) is 2.99. The maximum absolute atomic E-state index is 13.1. The highest BCUT2D eigenvalue weighted by molar-refractivity contribution is 5.92. The first-order valence-electron chi connectivity index (χ1n) is 8.60. The van der Waals surface area contributed by atoms with Gasteiger partial charge in [0.15, 0.2) is 0 Å². The summed E-state index contributed by atoms with van der Waals surface area (Å²) in [5, 5.41) is 10.0. The number of amides is 1. The number of aryl methyl sites for hydroxylation is 1. The number of piperidine rings is 1. The molecule has 1 atom stereocenters. The average Bonchev–Trinajstić information content (AvgIpc) is 2.63. The smallest absolute Gasteiger partial charge is 0.272 e. The Morgan fingerprint density at radius 2 is 2.04 bits per heavy atom. The second-order valence-electron chi connectivity index (χ2n) is 6.96. The number of hydrogen-bond donors (Lipinski definition) is 1. The van der Waals surface area contributed by atoms with E-state index in [1.54, 1.807) is 23.1 Å². The average molecular weight is 342 g/mol. The fourth-order valence-electron chi connectivity index (χ4n) is 3.57. The summed E-state index contributed by atoms with van der Waals surface area (Å²) < 4.78 is 13.1. The highest BCUT2D eigenvalue weighted by Gasteiger charge is 2.37. The summed E-state index contributed by atoms with van der Waals surface area (Å²) in [4.78, 5) is 18.9. The van der Waals surface area contributed by atoms with Crippen molar-refractivity contribution in [2.75, 3.05) is 19.7 Å². The van der Waals surface area contributed by atoms with E-state index in [0.717, 1.165) is 24.1 Å². The van der Waals surface area contributed by atoms with Gasteiger partial charge in [0.05, 0.1) is 6.61 Å². The monoisotopic (exact) mass is 342 g/mol. The molecule has 1 saturated heterocycles. The van der Waals surface area contributed by atoms with Crippen LogP contribution in [0.3, 0.4) is 0 Å². The molecule has 1 amide bonds. The van der Waals surface area contributed by atoms with Gasteiger partial charge in [-0.25, -0.2) is 9.37 Å². The van der Waals surface area contributed by atoms with E-state index in [9.17, 15) is 14.3 Å². The number of rotatable bonds is 4. The van der Waals surface area contributed by atoms with Gasteiger partial charge in [-0.2, -0.15) is 0 Å². The van der Waals surface area contributed by atoms with Gasteiger partial charge in [-0.15, -0.1) is 0 Å². The summed E-state index contributed by atoms with van der Waals surface area (Å²) >= 11 is 0. The van der Waals surface area contributed by atoms with Crippen molar-refractivity contribution in [3.05, 3.63) is 65.2 Å². The molecule has 0 unspecified atom stereocenters. The first-order valence-corrected chi connectivity index (χ1v) is 8.60. The molecular weight excluding hydrogens is 319 g/mol. The van der Waals surface area contributed by atoms with E-state index >= 15 is 0 Å². The molecule has 2 heterocycles. The molecule has 3 rings (SSSR count). The number of carbonyl (C=O) groups is 1. The summed E-state index contributed by atoms with van der Waals surface area (Å²) in [7, 11) is 0. The molecule has 132 valence electrons. The van der Waals surface area contributed by atoms with Gasteiger partial charge in [0, 0.05) is 24.2 Å². The topological polar surface area (TPSA) is 53.4 Å². The number of halogens is 1. The van der Waals surface area contributed by atoms with Crippen LogP contribution < -0.4 is 0 Å². The van der Waals surface area contributed by atoms with Crippen LogP contribution in [-0.4, -0.2) is 40.6 Å². The van der Waals surface area contributed by atoms with Crippen LogP contribution in [0.25, 0.3) is 0 Å². The molecule has 1 aromatic heterocycles. The quantitative estimate of drug-likeness (QED) is 0.929. The van der Waals surface area contributed by atoms with Crippen LogP contribution in [-0.2, 0) is 6.42 Å². The molecule has 0 radical (unpaired) electrons. The minimum atomic E-state index is -0.393. The number of aromatic nitrogens is 1. The molecule has 1 N–H and O–H groups in total. The molecule has 4 nitrogen and oxygen atoms in total. The molecule has 5 heteroatoms. The molecule has 0 saturated carbocycles. The number of aliphatic hydroxyl groups excluding tert-OH is 1. The third-order valence-electron chi connectivity index (χ3n) is 4.88. The van der Waals surface area contributed by atoms with E-state index in [2.05, 4.69) is 4.98 Å². The number of pyridine rings is 1. The predicted molar refractivity (Wildman–Crippen MR) is 93.7 cm³/mol. The number of benzene rings is 1. The van der Waals surface area contributed by atoms with Gasteiger partial charge >= 0.3 is 0 Å². The van der Waals surface area contributed by atoms with Crippen LogP contribution in [0.4, 0.5) is 4.39 Å². The second-order valence-corrected chi connectivity index (χ2v) is 6.96. The molecule has 1 aliphatic rings. The van der Waals surface area contributed by atoms with Gasteiger partial charge in [0.2, 0.25) is 0 Å². The minimum absolute atomic E-state index is 0.00456. The van der Waals surface area contributed by atoms with Gasteiger partial charge in [0.1, 0.15) is 11.5 Å². The van der Waals surface area contributed by atoms with Crippen molar-refractivity contribution in [1.82, 2.24) is 9.88 Å². The summed E-state index contributed by atoms with van der Waals surface area (Å²) in [6, 6.07) is 11.8. The molecular formula is C20H23FN2O2. The molecule has 1 aliphatic heterocycles. The van der Waals surface area contributed by atoms with Crippen LogP contribution in [0.2, 0.25) is 0 Å². The van der Waals surface area contributed by atoms with Crippen LogP contribution in [0, 0.1) is 18.2 Å². The van der Waals surface area contributed by atoms with E-state index < -0.39 is 5.41 Å². The largest absolute Gasteiger partial charge is 0.396 e. The Bertz CT molecular complexity index is 748. The van der Waals surface area contributed by atoms with Crippen LogP contribution in [0.5, 0.6) is 0 Å². The Morgan fingerprint density at radius 1 is 1.28 bits per heavy atom. The first-order chi connectivity index (χ1) is 12.0. The maximum Gasteiger partial charge on any atom is 0.272 e. The Hall–Kier alpha value is -2.27. The van der Waals surface area contributed by atoms with Crippen molar-refractivity contribution in [3.8, 4) is 0 Å². The fraction of sp³-hybridized carbons (Fsp3) is 0.400. The Labute approximate surface area is 147 Å². The van der Waals surface area contributed by atoms with Crippen molar-refractivity contribution in [2.45, 2.75) is 26.2 Å². The lowest BCUT2D eigenvalue weighted by Gasteiger charge is -2.42. The van der Waals surface area contributed by atoms with Gasteiger partial charge in [-0.3, -0.25) is 4.79 Å². The molecule has 25 heavy (non-hydrogen) atoms. The molecule has 2 aromatic rings. The van der Waals surface area contributed by atoms with Crippen molar-refractivity contribution < 1.29 is 14.3 Å². The van der Waals surface area contributed by atoms with Crippen molar-refractivity contribution in [3.63, 3.8) is 0 Å². The van der Waals surface area contributed by atoms with Crippen molar-refractivity contribution in [1.29, 1.82) is 0 Å². The highest BCUT2D eigenvalue weighted by Crippen LogP contribution is 2.34. The maximum atomic E-state index is 13.1. The second kappa shape index (κ2) is 7.31. The highest BCUT2D eigenvalue weighted by atomic mass is 19.1. The number of aliphatic hydroxyl groups is 1. The van der Waals surface area contributed by atoms with Gasteiger partial charge in [-0.05, 0) is 56.0 Å². The minimum Gasteiger partial charge on any atom is -0.396 e. The number of likely N-dealkylation sites (tertiary alicyclic amines) is 1. The Kier molecular flexibility index (Phi) is 5.13. The lowest BCUT2D eigenvalue weighted by Crippen LogP contribution is -2.49. The SMILES string of the molecule is Cc1cccc(C(=O)N2CCC[C@@](CO)(Cc3ccc(F)cc3)C2)n1. The first kappa shape index (κ1) is 17.5. The normalized spacial score (nSPS) is 20.5. The molecule has 1 fully saturated rings. The number of hydrogen-bond acceptors (Lipinski definition) is 3. The van der Waals surface area contributed by atoms with Gasteiger partial charge in [-0.1, -0.05) is 18.2 Å². The van der Waals surface area contributed by atoms with Crippen LogP contribution in [0.15, 0.2) is 42.5 Å². The number of carbonyl (C=O) groups excluding carboxylic acids is 1. The zero-order chi connectivity index (χ0) is 17.9. The van der Waals surface area contributed by atoms with Crippen molar-refractivity contribution >= 4 is 5.91 Å². The Balaban J connectivity index is 1.77. The van der Waals surface area contributed by atoms with E-state index in [1.807, 2.05) is 19.1 Å². The lowest BCUT2D eigenvalue weighted by atomic mass is 9.75. The van der Waals surface area contributed by atoms with Crippen molar-refractivity contribution in [2.24, 2.45) is 5.41 Å². The molecule has 1 aromatic carbocycles. The van der Waals surface area contributed by atoms with E-state index in [1.165, 1.54) is 12.1 Å². The molecule has 0 bridgehead atoms. The van der Waals surface area contributed by atoms with E-state index in [-0.39, 0.29) is 18.3 Å². The Morgan fingerprint density at radius 3 is 2.72 bits per heavy atom. The van der Waals surface area contributed by atoms with Crippen LogP contribution >= 0.6 is 0 Å².